The molecule has 0 amide bonds. The van der Waals surface area contributed by atoms with Crippen LogP contribution < -0.4 is 10.5 Å². The number of rotatable bonds is 9. The molecule has 1 aromatic carbocycles. The van der Waals surface area contributed by atoms with Crippen LogP contribution >= 0.6 is 0 Å². The summed E-state index contributed by atoms with van der Waals surface area (Å²) in [5, 5.41) is 0. The minimum absolute atomic E-state index is 0.155. The molecule has 0 radical (unpaired) electrons. The first-order valence-electron chi connectivity index (χ1n) is 7.00. The Morgan fingerprint density at radius 2 is 1.89 bits per heavy atom. The van der Waals surface area contributed by atoms with E-state index in [2.05, 4.69) is 13.8 Å². The SMILES string of the molecule is CCCCS(=O)CC(N)c1ccc(OCCC)cc1. The van der Waals surface area contributed by atoms with Crippen molar-refractivity contribution in [2.75, 3.05) is 18.1 Å². The van der Waals surface area contributed by atoms with Gasteiger partial charge >= 0.3 is 0 Å². The van der Waals surface area contributed by atoms with Gasteiger partial charge in [0.2, 0.25) is 0 Å². The van der Waals surface area contributed by atoms with Crippen molar-refractivity contribution in [1.82, 2.24) is 0 Å². The Labute approximate surface area is 119 Å². The number of hydrogen-bond donors (Lipinski definition) is 1. The molecular weight excluding hydrogens is 258 g/mol. The third kappa shape index (κ3) is 6.21. The van der Waals surface area contributed by atoms with E-state index in [-0.39, 0.29) is 6.04 Å². The van der Waals surface area contributed by atoms with Gasteiger partial charge in [-0.3, -0.25) is 4.21 Å². The number of hydrogen-bond acceptors (Lipinski definition) is 3. The lowest BCUT2D eigenvalue weighted by molar-refractivity contribution is 0.317. The molecular formula is C15H25NO2S. The Morgan fingerprint density at radius 3 is 2.47 bits per heavy atom. The van der Waals surface area contributed by atoms with E-state index in [1.165, 1.54) is 0 Å². The van der Waals surface area contributed by atoms with Crippen LogP contribution in [0.5, 0.6) is 5.75 Å². The van der Waals surface area contributed by atoms with Gasteiger partial charge in [0.15, 0.2) is 0 Å². The molecule has 0 aliphatic carbocycles. The molecule has 2 N–H and O–H groups in total. The normalized spacial score (nSPS) is 14.1. The van der Waals surface area contributed by atoms with Gasteiger partial charge in [-0.1, -0.05) is 32.4 Å². The summed E-state index contributed by atoms with van der Waals surface area (Å²) in [7, 11) is -0.817. The van der Waals surface area contributed by atoms with Crippen molar-refractivity contribution in [1.29, 1.82) is 0 Å². The molecule has 3 nitrogen and oxygen atoms in total. The molecule has 19 heavy (non-hydrogen) atoms. The number of benzene rings is 1. The first-order chi connectivity index (χ1) is 9.17. The fourth-order valence-electron chi connectivity index (χ4n) is 1.72. The monoisotopic (exact) mass is 283 g/mol. The first kappa shape index (κ1) is 16.2. The van der Waals surface area contributed by atoms with Crippen LogP contribution in [0.3, 0.4) is 0 Å². The Bertz CT molecular complexity index is 378. The first-order valence-corrected chi connectivity index (χ1v) is 8.49. The molecule has 1 rings (SSSR count). The highest BCUT2D eigenvalue weighted by Crippen LogP contribution is 2.17. The molecule has 4 heteroatoms. The second kappa shape index (κ2) is 9.10. The fourth-order valence-corrected chi connectivity index (χ4v) is 3.09. The maximum atomic E-state index is 11.8. The van der Waals surface area contributed by atoms with Crippen LogP contribution in [0.15, 0.2) is 24.3 Å². The smallest absolute Gasteiger partial charge is 0.119 e. The van der Waals surface area contributed by atoms with Crippen LogP contribution in [0.2, 0.25) is 0 Å². The Balaban J connectivity index is 2.48. The van der Waals surface area contributed by atoms with E-state index in [1.54, 1.807) is 0 Å². The number of unbranched alkanes of at least 4 members (excludes halogenated alkanes) is 1. The lowest BCUT2D eigenvalue weighted by atomic mass is 10.1. The lowest BCUT2D eigenvalue weighted by Gasteiger charge is -2.12. The predicted octanol–water partition coefficient (Wildman–Crippen LogP) is 3.02. The zero-order chi connectivity index (χ0) is 14.1. The molecule has 0 spiro atoms. The third-order valence-corrected chi connectivity index (χ3v) is 4.35. The molecule has 0 aliphatic heterocycles. The quantitative estimate of drug-likeness (QED) is 0.758. The van der Waals surface area contributed by atoms with Gasteiger partial charge in [0.05, 0.1) is 6.61 Å². The second-order valence-corrected chi connectivity index (χ2v) is 6.31. The number of ether oxygens (including phenoxy) is 1. The Hall–Kier alpha value is -0.870. The topological polar surface area (TPSA) is 52.3 Å². The van der Waals surface area contributed by atoms with Crippen molar-refractivity contribution in [2.24, 2.45) is 5.73 Å². The van der Waals surface area contributed by atoms with E-state index >= 15 is 0 Å². The Morgan fingerprint density at radius 1 is 1.21 bits per heavy atom. The average molecular weight is 283 g/mol. The van der Waals surface area contributed by atoms with E-state index < -0.39 is 10.8 Å². The number of nitrogens with two attached hydrogens (primary N) is 1. The molecule has 0 saturated carbocycles. The summed E-state index contributed by atoms with van der Waals surface area (Å²) in [5.41, 5.74) is 7.11. The van der Waals surface area contributed by atoms with Gasteiger partial charge in [-0.25, -0.2) is 0 Å². The highest BCUT2D eigenvalue weighted by atomic mass is 32.2. The summed E-state index contributed by atoms with van der Waals surface area (Å²) in [6.07, 6.45) is 3.07. The molecule has 1 aromatic rings. The molecule has 0 aliphatic rings. The summed E-state index contributed by atoms with van der Waals surface area (Å²) in [5.74, 6) is 2.15. The van der Waals surface area contributed by atoms with Gasteiger partial charge in [0, 0.05) is 28.3 Å². The zero-order valence-electron chi connectivity index (χ0n) is 11.9. The highest BCUT2D eigenvalue weighted by molar-refractivity contribution is 7.85. The lowest BCUT2D eigenvalue weighted by Crippen LogP contribution is -2.19. The van der Waals surface area contributed by atoms with Crippen LogP contribution in [-0.2, 0) is 10.8 Å². The average Bonchev–Trinajstić information content (AvgIpc) is 2.43. The van der Waals surface area contributed by atoms with E-state index in [4.69, 9.17) is 10.5 Å². The molecule has 0 fully saturated rings. The van der Waals surface area contributed by atoms with Crippen LogP contribution in [0.4, 0.5) is 0 Å². The summed E-state index contributed by atoms with van der Waals surface area (Å²) in [6.45, 7) is 4.91. The van der Waals surface area contributed by atoms with Crippen molar-refractivity contribution in [3.8, 4) is 5.75 Å². The van der Waals surface area contributed by atoms with E-state index in [9.17, 15) is 4.21 Å². The molecule has 0 bridgehead atoms. The second-order valence-electron chi connectivity index (χ2n) is 4.69. The van der Waals surface area contributed by atoms with Gasteiger partial charge in [0.25, 0.3) is 0 Å². The van der Waals surface area contributed by atoms with Crippen molar-refractivity contribution in [2.45, 2.75) is 39.2 Å². The minimum Gasteiger partial charge on any atom is -0.494 e. The summed E-state index contributed by atoms with van der Waals surface area (Å²) < 4.78 is 17.3. The predicted molar refractivity (Wildman–Crippen MR) is 81.9 cm³/mol. The Kier molecular flexibility index (Phi) is 7.75. The molecule has 0 saturated heterocycles. The molecule has 0 heterocycles. The van der Waals surface area contributed by atoms with Gasteiger partial charge in [-0.15, -0.1) is 0 Å². The molecule has 2 unspecified atom stereocenters. The molecule has 2 atom stereocenters. The summed E-state index contributed by atoms with van der Waals surface area (Å²) in [6, 6.07) is 7.64. The van der Waals surface area contributed by atoms with Crippen LogP contribution in [0.1, 0.15) is 44.7 Å². The van der Waals surface area contributed by atoms with Gasteiger partial charge in [-0.05, 0) is 30.5 Å². The fraction of sp³-hybridized carbons (Fsp3) is 0.600. The van der Waals surface area contributed by atoms with Crippen LogP contribution in [-0.4, -0.2) is 22.3 Å². The van der Waals surface area contributed by atoms with Gasteiger partial charge in [-0.2, -0.15) is 0 Å². The van der Waals surface area contributed by atoms with Crippen molar-refractivity contribution >= 4 is 10.8 Å². The minimum atomic E-state index is -0.817. The van der Waals surface area contributed by atoms with Crippen LogP contribution in [0.25, 0.3) is 0 Å². The highest BCUT2D eigenvalue weighted by Gasteiger charge is 2.10. The van der Waals surface area contributed by atoms with E-state index in [0.717, 1.165) is 42.9 Å². The maximum Gasteiger partial charge on any atom is 0.119 e. The third-order valence-electron chi connectivity index (χ3n) is 2.87. The van der Waals surface area contributed by atoms with E-state index in [1.807, 2.05) is 24.3 Å². The van der Waals surface area contributed by atoms with Crippen molar-refractivity contribution < 1.29 is 8.95 Å². The zero-order valence-corrected chi connectivity index (χ0v) is 12.7. The summed E-state index contributed by atoms with van der Waals surface area (Å²) >= 11 is 0. The van der Waals surface area contributed by atoms with Gasteiger partial charge < -0.3 is 10.5 Å². The summed E-state index contributed by atoms with van der Waals surface area (Å²) in [4.78, 5) is 0. The molecule has 108 valence electrons. The molecule has 0 aromatic heterocycles. The standard InChI is InChI=1S/C15H25NO2S/c1-3-5-11-19(17)12-15(16)13-6-8-14(9-7-13)18-10-4-2/h6-9,15H,3-5,10-12,16H2,1-2H3. The largest absolute Gasteiger partial charge is 0.494 e. The van der Waals surface area contributed by atoms with E-state index in [0.29, 0.717) is 5.75 Å². The van der Waals surface area contributed by atoms with Gasteiger partial charge in [0.1, 0.15) is 5.75 Å². The van der Waals surface area contributed by atoms with Crippen molar-refractivity contribution in [3.63, 3.8) is 0 Å². The van der Waals surface area contributed by atoms with Crippen LogP contribution in [0, 0.1) is 0 Å². The maximum absolute atomic E-state index is 11.8. The van der Waals surface area contributed by atoms with Crippen molar-refractivity contribution in [3.05, 3.63) is 29.8 Å².